The molecular formula is C11H23NO3. The highest BCUT2D eigenvalue weighted by Crippen LogP contribution is 2.07. The molecular weight excluding hydrogens is 194 g/mol. The standard InChI is InChI=1S/C6H13NO.C5H10O2/c8-5-6-2-1-3-7-4-6;1-5(2,3)7-4-6/h6-8H,1-5H2;4H,1-3H3. The molecule has 4 nitrogen and oxygen atoms in total. The van der Waals surface area contributed by atoms with Crippen molar-refractivity contribution >= 4 is 6.47 Å². The SMILES string of the molecule is CC(C)(C)OC=O.OCC1CCCNC1. The molecule has 1 heterocycles. The summed E-state index contributed by atoms with van der Waals surface area (Å²) in [5, 5.41) is 11.9. The fourth-order valence-electron chi connectivity index (χ4n) is 1.22. The average molecular weight is 217 g/mol. The topological polar surface area (TPSA) is 58.6 Å². The molecule has 4 heteroatoms. The number of aliphatic hydroxyl groups is 1. The Labute approximate surface area is 92.0 Å². The number of carbonyl (C=O) groups is 1. The van der Waals surface area contributed by atoms with Gasteiger partial charge in [-0.2, -0.15) is 0 Å². The maximum Gasteiger partial charge on any atom is 0.293 e. The second-order valence-electron chi connectivity index (χ2n) is 4.72. The molecule has 0 bridgehead atoms. The smallest absolute Gasteiger partial charge is 0.293 e. The van der Waals surface area contributed by atoms with Crippen molar-refractivity contribution in [1.82, 2.24) is 5.32 Å². The molecule has 15 heavy (non-hydrogen) atoms. The Morgan fingerprint density at radius 3 is 2.40 bits per heavy atom. The van der Waals surface area contributed by atoms with Crippen molar-refractivity contribution in [3.8, 4) is 0 Å². The molecule has 0 saturated carbocycles. The first-order valence-electron chi connectivity index (χ1n) is 5.42. The van der Waals surface area contributed by atoms with Crippen LogP contribution < -0.4 is 5.32 Å². The molecule has 1 rings (SSSR count). The fraction of sp³-hybridized carbons (Fsp3) is 0.909. The van der Waals surface area contributed by atoms with Crippen molar-refractivity contribution in [2.75, 3.05) is 19.7 Å². The van der Waals surface area contributed by atoms with Crippen LogP contribution in [0.4, 0.5) is 0 Å². The number of carbonyl (C=O) groups excluding carboxylic acids is 1. The molecule has 1 saturated heterocycles. The van der Waals surface area contributed by atoms with Crippen molar-refractivity contribution in [2.45, 2.75) is 39.2 Å². The molecule has 1 fully saturated rings. The van der Waals surface area contributed by atoms with Gasteiger partial charge in [0.05, 0.1) is 0 Å². The summed E-state index contributed by atoms with van der Waals surface area (Å²) in [6.07, 6.45) is 2.43. The van der Waals surface area contributed by atoms with Crippen LogP contribution >= 0.6 is 0 Å². The van der Waals surface area contributed by atoms with E-state index in [4.69, 9.17) is 5.11 Å². The first-order valence-corrected chi connectivity index (χ1v) is 5.42. The van der Waals surface area contributed by atoms with Crippen LogP contribution in [0.2, 0.25) is 0 Å². The van der Waals surface area contributed by atoms with E-state index in [1.54, 1.807) is 0 Å². The highest BCUT2D eigenvalue weighted by atomic mass is 16.5. The third kappa shape index (κ3) is 9.69. The van der Waals surface area contributed by atoms with E-state index in [1.165, 1.54) is 12.8 Å². The molecule has 1 aliphatic rings. The number of ether oxygens (including phenoxy) is 1. The summed E-state index contributed by atoms with van der Waals surface area (Å²) in [4.78, 5) is 9.60. The number of aliphatic hydroxyl groups excluding tert-OH is 1. The van der Waals surface area contributed by atoms with E-state index in [1.807, 2.05) is 20.8 Å². The van der Waals surface area contributed by atoms with Gasteiger partial charge < -0.3 is 15.2 Å². The first kappa shape index (κ1) is 14.4. The van der Waals surface area contributed by atoms with Gasteiger partial charge in [0.1, 0.15) is 5.60 Å². The Morgan fingerprint density at radius 2 is 2.20 bits per heavy atom. The van der Waals surface area contributed by atoms with Crippen LogP contribution in [0, 0.1) is 5.92 Å². The molecule has 90 valence electrons. The van der Waals surface area contributed by atoms with Crippen LogP contribution in [0.5, 0.6) is 0 Å². The van der Waals surface area contributed by atoms with Crippen molar-refractivity contribution in [3.05, 3.63) is 0 Å². The number of piperidine rings is 1. The molecule has 1 aliphatic heterocycles. The van der Waals surface area contributed by atoms with Gasteiger partial charge >= 0.3 is 0 Å². The number of hydrogen-bond acceptors (Lipinski definition) is 4. The van der Waals surface area contributed by atoms with Gasteiger partial charge in [0, 0.05) is 13.2 Å². The Hall–Kier alpha value is -0.610. The van der Waals surface area contributed by atoms with Gasteiger partial charge in [0.2, 0.25) is 0 Å². The van der Waals surface area contributed by atoms with Crippen molar-refractivity contribution in [2.24, 2.45) is 5.92 Å². The van der Waals surface area contributed by atoms with Crippen LogP contribution in [0.1, 0.15) is 33.6 Å². The number of rotatable bonds is 2. The molecule has 0 aliphatic carbocycles. The second kappa shape index (κ2) is 7.65. The summed E-state index contributed by atoms with van der Waals surface area (Å²) in [5.41, 5.74) is -0.318. The lowest BCUT2D eigenvalue weighted by Gasteiger charge is -2.19. The summed E-state index contributed by atoms with van der Waals surface area (Å²) in [6, 6.07) is 0. The minimum atomic E-state index is -0.318. The Kier molecular flexibility index (Phi) is 7.34. The van der Waals surface area contributed by atoms with Crippen molar-refractivity contribution in [1.29, 1.82) is 0 Å². The molecule has 1 atom stereocenters. The second-order valence-corrected chi connectivity index (χ2v) is 4.72. The Bertz CT molecular complexity index is 160. The predicted molar refractivity (Wildman–Crippen MR) is 59.6 cm³/mol. The zero-order valence-corrected chi connectivity index (χ0v) is 9.95. The zero-order chi connectivity index (χ0) is 11.7. The molecule has 1 unspecified atom stereocenters. The van der Waals surface area contributed by atoms with E-state index < -0.39 is 0 Å². The molecule has 0 amide bonds. The van der Waals surface area contributed by atoms with Crippen molar-refractivity contribution in [3.63, 3.8) is 0 Å². The van der Waals surface area contributed by atoms with Crippen LogP contribution in [0.15, 0.2) is 0 Å². The van der Waals surface area contributed by atoms with Gasteiger partial charge in [-0.3, -0.25) is 4.79 Å². The summed E-state index contributed by atoms with van der Waals surface area (Å²) in [5.74, 6) is 0.531. The van der Waals surface area contributed by atoms with E-state index in [0.29, 0.717) is 19.0 Å². The van der Waals surface area contributed by atoms with Gasteiger partial charge in [-0.25, -0.2) is 0 Å². The van der Waals surface area contributed by atoms with Crippen LogP contribution in [0.3, 0.4) is 0 Å². The third-order valence-corrected chi connectivity index (χ3v) is 2.06. The third-order valence-electron chi connectivity index (χ3n) is 2.06. The van der Waals surface area contributed by atoms with E-state index in [0.717, 1.165) is 13.1 Å². The molecule has 0 radical (unpaired) electrons. The minimum Gasteiger partial charge on any atom is -0.462 e. The maximum atomic E-state index is 9.60. The monoisotopic (exact) mass is 217 g/mol. The summed E-state index contributed by atoms with van der Waals surface area (Å²) in [6.45, 7) is 8.42. The highest BCUT2D eigenvalue weighted by molar-refractivity contribution is 5.37. The Morgan fingerprint density at radius 1 is 1.53 bits per heavy atom. The van der Waals surface area contributed by atoms with Gasteiger partial charge in [-0.1, -0.05) is 0 Å². The zero-order valence-electron chi connectivity index (χ0n) is 9.95. The maximum absolute atomic E-state index is 9.60. The lowest BCUT2D eigenvalue weighted by Crippen LogP contribution is -2.31. The van der Waals surface area contributed by atoms with Crippen LogP contribution in [-0.2, 0) is 9.53 Å². The lowest BCUT2D eigenvalue weighted by molar-refractivity contribution is -0.138. The van der Waals surface area contributed by atoms with E-state index >= 15 is 0 Å². The molecule has 0 aromatic rings. The molecule has 0 aromatic carbocycles. The normalized spacial score (nSPS) is 21.2. The number of hydrogen-bond donors (Lipinski definition) is 2. The average Bonchev–Trinajstić information content (AvgIpc) is 2.18. The summed E-state index contributed by atoms with van der Waals surface area (Å²) < 4.78 is 4.55. The fourth-order valence-corrected chi connectivity index (χ4v) is 1.22. The van der Waals surface area contributed by atoms with Gasteiger partial charge in [0.25, 0.3) is 6.47 Å². The quantitative estimate of drug-likeness (QED) is 0.676. The summed E-state index contributed by atoms with van der Waals surface area (Å²) >= 11 is 0. The van der Waals surface area contributed by atoms with Crippen LogP contribution in [0.25, 0.3) is 0 Å². The largest absolute Gasteiger partial charge is 0.462 e. The van der Waals surface area contributed by atoms with Crippen LogP contribution in [-0.4, -0.2) is 36.9 Å². The van der Waals surface area contributed by atoms with E-state index in [2.05, 4.69) is 10.1 Å². The van der Waals surface area contributed by atoms with Gasteiger partial charge in [0.15, 0.2) is 0 Å². The van der Waals surface area contributed by atoms with Gasteiger partial charge in [-0.15, -0.1) is 0 Å². The lowest BCUT2D eigenvalue weighted by atomic mass is 10.0. The van der Waals surface area contributed by atoms with E-state index in [-0.39, 0.29) is 5.60 Å². The number of nitrogens with one attached hydrogen (secondary N) is 1. The Balaban J connectivity index is 0.000000265. The summed E-state index contributed by atoms with van der Waals surface area (Å²) in [7, 11) is 0. The van der Waals surface area contributed by atoms with E-state index in [9.17, 15) is 4.79 Å². The molecule has 2 N–H and O–H groups in total. The van der Waals surface area contributed by atoms with Gasteiger partial charge in [-0.05, 0) is 46.1 Å². The first-order chi connectivity index (χ1) is 6.99. The van der Waals surface area contributed by atoms with Crippen molar-refractivity contribution < 1.29 is 14.6 Å². The predicted octanol–water partition coefficient (Wildman–Crippen LogP) is 0.936. The highest BCUT2D eigenvalue weighted by Gasteiger charge is 2.10. The minimum absolute atomic E-state index is 0.318. The molecule has 0 aromatic heterocycles. The molecule has 0 spiro atoms.